The first-order valence-corrected chi connectivity index (χ1v) is 11.2. The predicted molar refractivity (Wildman–Crippen MR) is 103 cm³/mol. The first-order chi connectivity index (χ1) is 13.0. The summed E-state index contributed by atoms with van der Waals surface area (Å²) in [7, 11) is 1.76. The Labute approximate surface area is 162 Å². The van der Waals surface area contributed by atoms with Crippen LogP contribution in [0, 0.1) is 34.5 Å². The molecule has 7 atom stereocenters. The Morgan fingerprint density at radius 3 is 2.70 bits per heavy atom. The zero-order valence-electron chi connectivity index (χ0n) is 16.7. The molecule has 4 unspecified atom stereocenters. The van der Waals surface area contributed by atoms with Gasteiger partial charge in [0.1, 0.15) is 5.60 Å². The van der Waals surface area contributed by atoms with Crippen LogP contribution in [0.5, 0.6) is 0 Å². The Kier molecular flexibility index (Phi) is 3.37. The molecule has 0 amide bonds. The summed E-state index contributed by atoms with van der Waals surface area (Å²) in [6.45, 7) is 2.54. The fourth-order valence-corrected chi connectivity index (χ4v) is 8.47. The van der Waals surface area contributed by atoms with Crippen LogP contribution in [0.4, 0.5) is 0 Å². The zero-order chi connectivity index (χ0) is 18.4. The van der Waals surface area contributed by atoms with E-state index in [9.17, 15) is 4.79 Å². The van der Waals surface area contributed by atoms with E-state index in [2.05, 4.69) is 19.1 Å². The van der Waals surface area contributed by atoms with Crippen molar-refractivity contribution in [2.24, 2.45) is 34.5 Å². The van der Waals surface area contributed by atoms with E-state index in [0.29, 0.717) is 17.1 Å². The van der Waals surface area contributed by atoms with E-state index in [4.69, 9.17) is 9.47 Å². The molecule has 2 spiro atoms. The summed E-state index contributed by atoms with van der Waals surface area (Å²) in [5.74, 6) is 3.43. The van der Waals surface area contributed by atoms with Gasteiger partial charge >= 0.3 is 0 Å². The van der Waals surface area contributed by atoms with Crippen LogP contribution in [0.15, 0.2) is 23.8 Å². The molecule has 6 aliphatic rings. The lowest BCUT2D eigenvalue weighted by Crippen LogP contribution is -2.54. The van der Waals surface area contributed by atoms with E-state index in [0.717, 1.165) is 37.0 Å². The van der Waals surface area contributed by atoms with Crippen LogP contribution in [-0.4, -0.2) is 24.8 Å². The van der Waals surface area contributed by atoms with Gasteiger partial charge in [-0.3, -0.25) is 4.79 Å². The molecule has 0 aromatic carbocycles. The Morgan fingerprint density at radius 1 is 1.11 bits per heavy atom. The van der Waals surface area contributed by atoms with Crippen molar-refractivity contribution < 1.29 is 14.3 Å². The SMILES string of the molecule is COC1C=C[C@]2(O1)C1(CC1)CC1C3CCC4=CC(=O)CC[C@@H]4C3CC[C@@]12C. The van der Waals surface area contributed by atoms with Crippen LogP contribution in [0.2, 0.25) is 0 Å². The van der Waals surface area contributed by atoms with E-state index in [-0.39, 0.29) is 17.3 Å². The number of fused-ring (bicyclic) bond motifs is 7. The number of hydrogen-bond donors (Lipinski definition) is 0. The average Bonchev–Trinajstić information content (AvgIpc) is 3.25. The predicted octanol–water partition coefficient (Wildman–Crippen LogP) is 4.82. The quantitative estimate of drug-likeness (QED) is 0.623. The molecule has 0 N–H and O–H groups in total. The van der Waals surface area contributed by atoms with E-state index in [1.54, 1.807) is 7.11 Å². The Bertz CT molecular complexity index is 747. The standard InChI is InChI=1S/C24H32O3/c1-22-9-7-18-17-6-4-16(25)13-15(17)3-5-19(18)20(22)14-23(11-12-23)24(22)10-8-21(26-2)27-24/h8,10,13,17-21H,3-7,9,11-12,14H2,1-2H3/t17-,18?,19?,20?,21?,22-,24+/m0/s1. The molecule has 4 saturated carbocycles. The van der Waals surface area contributed by atoms with Crippen LogP contribution in [-0.2, 0) is 14.3 Å². The third-order valence-electron chi connectivity index (χ3n) is 9.81. The second-order valence-corrected chi connectivity index (χ2v) is 10.6. The zero-order valence-corrected chi connectivity index (χ0v) is 16.7. The Hall–Kier alpha value is -0.930. The molecular formula is C24H32O3. The molecule has 3 nitrogen and oxygen atoms in total. The van der Waals surface area contributed by atoms with Gasteiger partial charge in [-0.1, -0.05) is 18.6 Å². The largest absolute Gasteiger partial charge is 0.352 e. The van der Waals surface area contributed by atoms with Gasteiger partial charge in [0.2, 0.25) is 0 Å². The molecule has 0 radical (unpaired) electrons. The molecule has 3 heteroatoms. The summed E-state index contributed by atoms with van der Waals surface area (Å²) in [5, 5.41) is 0. The van der Waals surface area contributed by atoms with E-state index in [1.165, 1.54) is 44.1 Å². The van der Waals surface area contributed by atoms with Crippen molar-refractivity contribution in [1.29, 1.82) is 0 Å². The van der Waals surface area contributed by atoms with Crippen molar-refractivity contribution in [3.05, 3.63) is 23.8 Å². The van der Waals surface area contributed by atoms with Crippen LogP contribution >= 0.6 is 0 Å². The topological polar surface area (TPSA) is 35.5 Å². The highest BCUT2D eigenvalue weighted by molar-refractivity contribution is 5.91. The van der Waals surface area contributed by atoms with Crippen molar-refractivity contribution in [2.75, 3.05) is 7.11 Å². The molecule has 0 aromatic rings. The maximum absolute atomic E-state index is 11.9. The average molecular weight is 369 g/mol. The van der Waals surface area contributed by atoms with Crippen molar-refractivity contribution in [1.82, 2.24) is 0 Å². The summed E-state index contributed by atoms with van der Waals surface area (Å²) in [4.78, 5) is 11.9. The fraction of sp³-hybridized carbons (Fsp3) is 0.792. The number of allylic oxidation sites excluding steroid dienone is 1. The van der Waals surface area contributed by atoms with E-state index in [1.807, 2.05) is 6.08 Å². The van der Waals surface area contributed by atoms with Gasteiger partial charge in [0.05, 0.1) is 0 Å². The molecule has 146 valence electrons. The highest BCUT2D eigenvalue weighted by Crippen LogP contribution is 2.78. The number of ketones is 1. The first kappa shape index (κ1) is 17.0. The van der Waals surface area contributed by atoms with E-state index >= 15 is 0 Å². The van der Waals surface area contributed by atoms with Gasteiger partial charge in [-0.25, -0.2) is 0 Å². The molecule has 4 fully saturated rings. The van der Waals surface area contributed by atoms with Gasteiger partial charge in [-0.05, 0) is 87.2 Å². The monoisotopic (exact) mass is 368 g/mol. The number of methoxy groups -OCH3 is 1. The summed E-state index contributed by atoms with van der Waals surface area (Å²) in [5.41, 5.74) is 1.99. The highest BCUT2D eigenvalue weighted by Gasteiger charge is 2.77. The summed E-state index contributed by atoms with van der Waals surface area (Å²) >= 11 is 0. The number of rotatable bonds is 1. The van der Waals surface area contributed by atoms with Gasteiger partial charge in [-0.15, -0.1) is 0 Å². The minimum atomic E-state index is -0.166. The lowest BCUT2D eigenvalue weighted by Gasteiger charge is -2.56. The molecule has 27 heavy (non-hydrogen) atoms. The van der Waals surface area contributed by atoms with Crippen molar-refractivity contribution in [2.45, 2.75) is 76.6 Å². The number of carbonyl (C=O) groups excluding carboxylic acids is 1. The van der Waals surface area contributed by atoms with E-state index < -0.39 is 0 Å². The van der Waals surface area contributed by atoms with Crippen molar-refractivity contribution >= 4 is 5.78 Å². The second-order valence-electron chi connectivity index (χ2n) is 10.6. The summed E-state index contributed by atoms with van der Waals surface area (Å²) in [6, 6.07) is 0. The van der Waals surface area contributed by atoms with Crippen molar-refractivity contribution in [3.63, 3.8) is 0 Å². The van der Waals surface area contributed by atoms with Crippen molar-refractivity contribution in [3.8, 4) is 0 Å². The lowest BCUT2D eigenvalue weighted by atomic mass is 9.50. The maximum Gasteiger partial charge on any atom is 0.177 e. The Morgan fingerprint density at radius 2 is 1.96 bits per heavy atom. The normalized spacial score (nSPS) is 51.9. The number of ether oxygens (including phenoxy) is 2. The van der Waals surface area contributed by atoms with Gasteiger partial charge in [0.15, 0.2) is 12.1 Å². The van der Waals surface area contributed by atoms with Gasteiger partial charge in [-0.2, -0.15) is 0 Å². The minimum Gasteiger partial charge on any atom is -0.352 e. The fourth-order valence-electron chi connectivity index (χ4n) is 8.47. The molecule has 1 aliphatic heterocycles. The molecule has 6 rings (SSSR count). The van der Waals surface area contributed by atoms with Crippen LogP contribution < -0.4 is 0 Å². The van der Waals surface area contributed by atoms with Gasteiger partial charge < -0.3 is 9.47 Å². The smallest absolute Gasteiger partial charge is 0.177 e. The number of carbonyl (C=O) groups is 1. The minimum absolute atomic E-state index is 0.102. The van der Waals surface area contributed by atoms with Crippen LogP contribution in [0.3, 0.4) is 0 Å². The molecule has 1 heterocycles. The Balaban J connectivity index is 1.37. The summed E-state index contributed by atoms with van der Waals surface area (Å²) < 4.78 is 12.3. The third kappa shape index (κ3) is 1.98. The van der Waals surface area contributed by atoms with Gasteiger partial charge in [0.25, 0.3) is 0 Å². The summed E-state index contributed by atoms with van der Waals surface area (Å²) in [6.07, 6.45) is 17.3. The molecule has 0 bridgehead atoms. The molecular weight excluding hydrogens is 336 g/mol. The maximum atomic E-state index is 11.9. The van der Waals surface area contributed by atoms with Gasteiger partial charge in [0, 0.05) is 24.4 Å². The van der Waals surface area contributed by atoms with Crippen LogP contribution in [0.25, 0.3) is 0 Å². The molecule has 0 aromatic heterocycles. The highest BCUT2D eigenvalue weighted by atomic mass is 16.7. The second kappa shape index (κ2) is 5.36. The lowest BCUT2D eigenvalue weighted by molar-refractivity contribution is -0.207. The number of hydrogen-bond acceptors (Lipinski definition) is 3. The first-order valence-electron chi connectivity index (χ1n) is 11.2. The molecule has 5 aliphatic carbocycles. The van der Waals surface area contributed by atoms with Crippen LogP contribution in [0.1, 0.15) is 64.7 Å². The molecule has 0 saturated heterocycles. The third-order valence-corrected chi connectivity index (χ3v) is 9.81.